The highest BCUT2D eigenvalue weighted by atomic mass is 16.5. The first-order valence-corrected chi connectivity index (χ1v) is 10.2. The quantitative estimate of drug-likeness (QED) is 0.665. The first kappa shape index (κ1) is 18.6. The zero-order valence-corrected chi connectivity index (χ0v) is 16.5. The van der Waals surface area contributed by atoms with E-state index in [1.54, 1.807) is 7.11 Å². The van der Waals surface area contributed by atoms with Crippen LogP contribution in [-0.2, 0) is 11.2 Å². The third-order valence-electron chi connectivity index (χ3n) is 5.93. The number of carbonyl (C=O) groups is 1. The van der Waals surface area contributed by atoms with E-state index in [9.17, 15) is 4.79 Å². The van der Waals surface area contributed by atoms with Crippen molar-refractivity contribution in [2.45, 2.75) is 38.0 Å². The fourth-order valence-electron chi connectivity index (χ4n) is 4.27. The molecule has 1 aliphatic rings. The molecular formula is C24H28N2O2. The van der Waals surface area contributed by atoms with E-state index in [0.29, 0.717) is 18.2 Å². The number of benzene rings is 2. The molecule has 1 aromatic heterocycles. The van der Waals surface area contributed by atoms with Crippen LogP contribution in [0.15, 0.2) is 54.7 Å². The smallest absolute Gasteiger partial charge is 0.222 e. The number of ether oxygens (including phenoxy) is 1. The van der Waals surface area contributed by atoms with E-state index < -0.39 is 0 Å². The van der Waals surface area contributed by atoms with Gasteiger partial charge in [-0.1, -0.05) is 30.3 Å². The van der Waals surface area contributed by atoms with Crippen LogP contribution in [0.3, 0.4) is 0 Å². The molecule has 4 nitrogen and oxygen atoms in total. The van der Waals surface area contributed by atoms with Crippen LogP contribution in [0.1, 0.15) is 42.7 Å². The second kappa shape index (κ2) is 8.51. The third kappa shape index (κ3) is 4.06. The number of H-pyrrole nitrogens is 1. The van der Waals surface area contributed by atoms with Gasteiger partial charge in [0.1, 0.15) is 5.75 Å². The van der Waals surface area contributed by atoms with Crippen molar-refractivity contribution in [2.75, 3.05) is 20.2 Å². The van der Waals surface area contributed by atoms with E-state index in [1.165, 1.54) is 16.5 Å². The van der Waals surface area contributed by atoms with Crippen molar-refractivity contribution >= 4 is 16.8 Å². The van der Waals surface area contributed by atoms with Crippen molar-refractivity contribution in [1.82, 2.24) is 9.88 Å². The minimum atomic E-state index is 0.295. The number of piperidine rings is 1. The molecule has 0 unspecified atom stereocenters. The lowest BCUT2D eigenvalue weighted by Gasteiger charge is -2.32. The Bertz CT molecular complexity index is 924. The van der Waals surface area contributed by atoms with Crippen molar-refractivity contribution in [1.29, 1.82) is 0 Å². The first-order chi connectivity index (χ1) is 13.7. The molecule has 0 aliphatic carbocycles. The fourth-order valence-corrected chi connectivity index (χ4v) is 4.27. The molecule has 0 spiro atoms. The standard InChI is InChI=1S/C24H28N2O2/c1-28-21-10-11-23-22(16-21)20(17-25-23)8-5-9-24(27)26-14-12-19(13-15-26)18-6-3-2-4-7-18/h2-4,6-7,10-11,16-17,19,25H,5,8-9,12-15H2,1H3. The third-order valence-corrected chi connectivity index (χ3v) is 5.93. The van der Waals surface area contributed by atoms with Gasteiger partial charge in [-0.05, 0) is 60.9 Å². The maximum Gasteiger partial charge on any atom is 0.222 e. The normalized spacial score (nSPS) is 15.1. The Kier molecular flexibility index (Phi) is 5.65. The lowest BCUT2D eigenvalue weighted by molar-refractivity contribution is -0.132. The number of methoxy groups -OCH3 is 1. The molecule has 1 amide bonds. The van der Waals surface area contributed by atoms with Gasteiger partial charge in [0, 0.05) is 36.6 Å². The van der Waals surface area contributed by atoms with Crippen LogP contribution >= 0.6 is 0 Å². The Labute approximate surface area is 166 Å². The van der Waals surface area contributed by atoms with Crippen molar-refractivity contribution in [3.63, 3.8) is 0 Å². The number of aryl methyl sites for hydroxylation is 1. The van der Waals surface area contributed by atoms with Gasteiger partial charge in [-0.3, -0.25) is 4.79 Å². The molecule has 1 N–H and O–H groups in total. The summed E-state index contributed by atoms with van der Waals surface area (Å²) in [7, 11) is 1.69. The molecule has 4 heteroatoms. The molecule has 2 heterocycles. The summed E-state index contributed by atoms with van der Waals surface area (Å²) in [5.41, 5.74) is 3.78. The van der Waals surface area contributed by atoms with Crippen LogP contribution in [0.25, 0.3) is 10.9 Å². The second-order valence-corrected chi connectivity index (χ2v) is 7.64. The summed E-state index contributed by atoms with van der Waals surface area (Å²) in [6.45, 7) is 1.76. The maximum atomic E-state index is 12.6. The molecule has 2 aromatic carbocycles. The number of amides is 1. The molecule has 146 valence electrons. The van der Waals surface area contributed by atoms with Gasteiger partial charge in [-0.15, -0.1) is 0 Å². The zero-order chi connectivity index (χ0) is 19.3. The number of aromatic nitrogens is 1. The van der Waals surface area contributed by atoms with Gasteiger partial charge < -0.3 is 14.6 Å². The number of nitrogens with one attached hydrogen (secondary N) is 1. The zero-order valence-electron chi connectivity index (χ0n) is 16.5. The predicted molar refractivity (Wildman–Crippen MR) is 113 cm³/mol. The number of likely N-dealkylation sites (tertiary alicyclic amines) is 1. The number of aromatic amines is 1. The maximum absolute atomic E-state index is 12.6. The summed E-state index contributed by atoms with van der Waals surface area (Å²) >= 11 is 0. The molecule has 28 heavy (non-hydrogen) atoms. The van der Waals surface area contributed by atoms with Crippen molar-refractivity contribution < 1.29 is 9.53 Å². The first-order valence-electron chi connectivity index (χ1n) is 10.2. The van der Waals surface area contributed by atoms with Gasteiger partial charge in [-0.2, -0.15) is 0 Å². The van der Waals surface area contributed by atoms with Crippen LogP contribution in [-0.4, -0.2) is 36.0 Å². The molecule has 1 saturated heterocycles. The van der Waals surface area contributed by atoms with Gasteiger partial charge in [-0.25, -0.2) is 0 Å². The van der Waals surface area contributed by atoms with Gasteiger partial charge in [0.15, 0.2) is 0 Å². The summed E-state index contributed by atoms with van der Waals surface area (Å²) in [4.78, 5) is 18.0. The summed E-state index contributed by atoms with van der Waals surface area (Å²) in [5, 5.41) is 1.19. The molecule has 1 fully saturated rings. The van der Waals surface area contributed by atoms with Gasteiger partial charge in [0.05, 0.1) is 7.11 Å². The molecule has 0 radical (unpaired) electrons. The Balaban J connectivity index is 1.27. The molecule has 0 saturated carbocycles. The Morgan fingerprint density at radius 1 is 1.14 bits per heavy atom. The summed E-state index contributed by atoms with van der Waals surface area (Å²) in [5.74, 6) is 1.75. The molecule has 1 aliphatic heterocycles. The number of hydrogen-bond acceptors (Lipinski definition) is 2. The predicted octanol–water partition coefficient (Wildman–Crippen LogP) is 4.91. The lowest BCUT2D eigenvalue weighted by atomic mass is 9.89. The van der Waals surface area contributed by atoms with E-state index in [0.717, 1.165) is 50.0 Å². The van der Waals surface area contributed by atoms with Crippen molar-refractivity contribution in [3.8, 4) is 5.75 Å². The van der Waals surface area contributed by atoms with Gasteiger partial charge >= 0.3 is 0 Å². The summed E-state index contributed by atoms with van der Waals surface area (Å²) < 4.78 is 5.33. The molecule has 3 aromatic rings. The molecule has 0 atom stereocenters. The number of fused-ring (bicyclic) bond motifs is 1. The monoisotopic (exact) mass is 376 g/mol. The highest BCUT2D eigenvalue weighted by Gasteiger charge is 2.23. The molecular weight excluding hydrogens is 348 g/mol. The van der Waals surface area contributed by atoms with E-state index in [1.807, 2.05) is 12.1 Å². The topological polar surface area (TPSA) is 45.3 Å². The molecule has 0 bridgehead atoms. The van der Waals surface area contributed by atoms with E-state index >= 15 is 0 Å². The second-order valence-electron chi connectivity index (χ2n) is 7.64. The number of hydrogen-bond donors (Lipinski definition) is 1. The van der Waals surface area contributed by atoms with Crippen LogP contribution in [0, 0.1) is 0 Å². The summed E-state index contributed by atoms with van der Waals surface area (Å²) in [6.07, 6.45) is 6.59. The minimum Gasteiger partial charge on any atom is -0.497 e. The average Bonchev–Trinajstić information content (AvgIpc) is 3.16. The fraction of sp³-hybridized carbons (Fsp3) is 0.375. The minimum absolute atomic E-state index is 0.295. The Hall–Kier alpha value is -2.75. The average molecular weight is 377 g/mol. The Morgan fingerprint density at radius 3 is 2.68 bits per heavy atom. The van der Waals surface area contributed by atoms with Crippen molar-refractivity contribution in [3.05, 3.63) is 65.9 Å². The highest BCUT2D eigenvalue weighted by Crippen LogP contribution is 2.28. The van der Waals surface area contributed by atoms with Gasteiger partial charge in [0.25, 0.3) is 0 Å². The number of carbonyl (C=O) groups excluding carboxylic acids is 1. The van der Waals surface area contributed by atoms with Crippen molar-refractivity contribution in [2.24, 2.45) is 0 Å². The largest absolute Gasteiger partial charge is 0.497 e. The lowest BCUT2D eigenvalue weighted by Crippen LogP contribution is -2.37. The van der Waals surface area contributed by atoms with E-state index in [2.05, 4.69) is 52.5 Å². The van der Waals surface area contributed by atoms with Gasteiger partial charge in [0.2, 0.25) is 5.91 Å². The summed E-state index contributed by atoms with van der Waals surface area (Å²) in [6, 6.07) is 16.8. The Morgan fingerprint density at radius 2 is 1.93 bits per heavy atom. The van der Waals surface area contributed by atoms with E-state index in [-0.39, 0.29) is 0 Å². The number of rotatable bonds is 6. The van der Waals surface area contributed by atoms with E-state index in [4.69, 9.17) is 4.74 Å². The highest BCUT2D eigenvalue weighted by molar-refractivity contribution is 5.84. The number of nitrogens with zero attached hydrogens (tertiary/aromatic N) is 1. The van der Waals surface area contributed by atoms with Crippen LogP contribution < -0.4 is 4.74 Å². The molecule has 4 rings (SSSR count). The van der Waals surface area contributed by atoms with Crippen LogP contribution in [0.2, 0.25) is 0 Å². The van der Waals surface area contributed by atoms with Crippen LogP contribution in [0.5, 0.6) is 5.75 Å². The SMILES string of the molecule is COc1ccc2[nH]cc(CCCC(=O)N3CCC(c4ccccc4)CC3)c2c1. The van der Waals surface area contributed by atoms with Crippen LogP contribution in [0.4, 0.5) is 0 Å².